The van der Waals surface area contributed by atoms with Crippen molar-refractivity contribution in [3.63, 3.8) is 0 Å². The minimum atomic E-state index is 0.598. The second-order valence-electron chi connectivity index (χ2n) is 5.36. The standard InChI is InChI=1S/C14H20N2/c1-2-14(8-9-14)10-15-13-7-6-11-4-3-5-12(11)16-13/h6-7H,2-5,8-10H2,1H3,(H,15,16). The first-order valence-electron chi connectivity index (χ1n) is 6.54. The molecule has 2 heteroatoms. The fraction of sp³-hybridized carbons (Fsp3) is 0.643. The smallest absolute Gasteiger partial charge is 0.126 e. The number of rotatable bonds is 4. The highest BCUT2D eigenvalue weighted by Crippen LogP contribution is 2.48. The quantitative estimate of drug-likeness (QED) is 0.836. The van der Waals surface area contributed by atoms with Crippen LogP contribution in [0.2, 0.25) is 0 Å². The molecule has 2 aliphatic rings. The summed E-state index contributed by atoms with van der Waals surface area (Å²) < 4.78 is 0. The van der Waals surface area contributed by atoms with Gasteiger partial charge in [0.05, 0.1) is 0 Å². The molecule has 0 spiro atoms. The van der Waals surface area contributed by atoms with Crippen LogP contribution in [0, 0.1) is 5.41 Å². The predicted molar refractivity (Wildman–Crippen MR) is 66.7 cm³/mol. The van der Waals surface area contributed by atoms with Gasteiger partial charge in [-0.2, -0.15) is 0 Å². The van der Waals surface area contributed by atoms with Crippen molar-refractivity contribution in [3.05, 3.63) is 23.4 Å². The van der Waals surface area contributed by atoms with Crippen LogP contribution in [0.4, 0.5) is 5.82 Å². The van der Waals surface area contributed by atoms with E-state index in [1.807, 2.05) is 0 Å². The molecule has 0 bridgehead atoms. The first kappa shape index (κ1) is 10.1. The van der Waals surface area contributed by atoms with E-state index in [0.29, 0.717) is 5.41 Å². The lowest BCUT2D eigenvalue weighted by molar-refractivity contribution is 0.520. The molecule has 1 aromatic heterocycles. The molecule has 1 fully saturated rings. The summed E-state index contributed by atoms with van der Waals surface area (Å²) in [7, 11) is 0. The topological polar surface area (TPSA) is 24.9 Å². The third-order valence-corrected chi connectivity index (χ3v) is 4.28. The molecule has 0 radical (unpaired) electrons. The van der Waals surface area contributed by atoms with Gasteiger partial charge < -0.3 is 5.32 Å². The van der Waals surface area contributed by atoms with E-state index in [9.17, 15) is 0 Å². The zero-order chi connectivity index (χ0) is 11.0. The molecule has 1 saturated carbocycles. The van der Waals surface area contributed by atoms with Gasteiger partial charge in [-0.15, -0.1) is 0 Å². The van der Waals surface area contributed by atoms with Crippen molar-refractivity contribution >= 4 is 5.82 Å². The SMILES string of the molecule is CCC1(CNc2ccc3c(n2)CCC3)CC1. The van der Waals surface area contributed by atoms with Crippen LogP contribution in [0.15, 0.2) is 12.1 Å². The van der Waals surface area contributed by atoms with Gasteiger partial charge in [0.25, 0.3) is 0 Å². The van der Waals surface area contributed by atoms with E-state index < -0.39 is 0 Å². The number of hydrogen-bond donors (Lipinski definition) is 1. The maximum atomic E-state index is 4.71. The lowest BCUT2D eigenvalue weighted by Crippen LogP contribution is -2.15. The highest BCUT2D eigenvalue weighted by atomic mass is 15.0. The van der Waals surface area contributed by atoms with Crippen molar-refractivity contribution in [3.8, 4) is 0 Å². The van der Waals surface area contributed by atoms with Crippen molar-refractivity contribution in [1.82, 2.24) is 4.98 Å². The monoisotopic (exact) mass is 216 g/mol. The molecule has 0 aromatic carbocycles. The number of pyridine rings is 1. The summed E-state index contributed by atoms with van der Waals surface area (Å²) in [5, 5.41) is 3.52. The van der Waals surface area contributed by atoms with Gasteiger partial charge in [-0.3, -0.25) is 0 Å². The molecule has 0 saturated heterocycles. The van der Waals surface area contributed by atoms with E-state index in [1.54, 1.807) is 0 Å². The van der Waals surface area contributed by atoms with E-state index in [4.69, 9.17) is 4.98 Å². The van der Waals surface area contributed by atoms with Gasteiger partial charge in [0.2, 0.25) is 0 Å². The second kappa shape index (κ2) is 3.76. The Balaban J connectivity index is 1.66. The average Bonchev–Trinajstić information content (AvgIpc) is 2.96. The van der Waals surface area contributed by atoms with Crippen LogP contribution < -0.4 is 5.32 Å². The molecular formula is C14H20N2. The van der Waals surface area contributed by atoms with Gasteiger partial charge in [-0.05, 0) is 55.6 Å². The van der Waals surface area contributed by atoms with Crippen molar-refractivity contribution in [2.75, 3.05) is 11.9 Å². The molecule has 16 heavy (non-hydrogen) atoms. The van der Waals surface area contributed by atoms with Crippen LogP contribution in [-0.2, 0) is 12.8 Å². The number of aromatic nitrogens is 1. The largest absolute Gasteiger partial charge is 0.370 e. The highest BCUT2D eigenvalue weighted by molar-refractivity contribution is 5.40. The molecule has 0 aliphatic heterocycles. The first-order valence-corrected chi connectivity index (χ1v) is 6.54. The first-order chi connectivity index (χ1) is 7.81. The van der Waals surface area contributed by atoms with Gasteiger partial charge in [0.15, 0.2) is 0 Å². The van der Waals surface area contributed by atoms with Gasteiger partial charge in [-0.1, -0.05) is 13.0 Å². The lowest BCUT2D eigenvalue weighted by Gasteiger charge is -2.14. The predicted octanol–water partition coefficient (Wildman–Crippen LogP) is 3.17. The van der Waals surface area contributed by atoms with Crippen LogP contribution in [0.1, 0.15) is 43.9 Å². The summed E-state index contributed by atoms with van der Waals surface area (Å²) in [6.07, 6.45) is 7.75. The Kier molecular flexibility index (Phi) is 2.38. The minimum absolute atomic E-state index is 0.598. The molecule has 0 amide bonds. The molecule has 1 heterocycles. The summed E-state index contributed by atoms with van der Waals surface area (Å²) in [5.74, 6) is 1.08. The maximum Gasteiger partial charge on any atom is 0.126 e. The summed E-state index contributed by atoms with van der Waals surface area (Å²) >= 11 is 0. The number of hydrogen-bond acceptors (Lipinski definition) is 2. The number of aryl methyl sites for hydroxylation is 2. The normalized spacial score (nSPS) is 20.6. The van der Waals surface area contributed by atoms with Crippen molar-refractivity contribution in [1.29, 1.82) is 0 Å². The molecule has 0 atom stereocenters. The summed E-state index contributed by atoms with van der Waals surface area (Å²) in [6.45, 7) is 3.40. The third kappa shape index (κ3) is 1.81. The molecule has 0 unspecified atom stereocenters. The van der Waals surface area contributed by atoms with Crippen molar-refractivity contribution in [2.24, 2.45) is 5.41 Å². The van der Waals surface area contributed by atoms with Crippen LogP contribution in [-0.4, -0.2) is 11.5 Å². The summed E-state index contributed by atoms with van der Waals surface area (Å²) in [6, 6.07) is 4.40. The Bertz CT molecular complexity index is 394. The minimum Gasteiger partial charge on any atom is -0.370 e. The fourth-order valence-corrected chi connectivity index (χ4v) is 2.63. The molecule has 3 rings (SSSR count). The van der Waals surface area contributed by atoms with Crippen molar-refractivity contribution < 1.29 is 0 Å². The molecule has 1 N–H and O–H groups in total. The maximum absolute atomic E-state index is 4.71. The van der Waals surface area contributed by atoms with E-state index in [0.717, 1.165) is 12.4 Å². The van der Waals surface area contributed by atoms with Crippen molar-refractivity contribution in [2.45, 2.75) is 45.4 Å². The number of nitrogens with one attached hydrogen (secondary N) is 1. The Morgan fingerprint density at radius 3 is 2.94 bits per heavy atom. The van der Waals surface area contributed by atoms with Gasteiger partial charge >= 0.3 is 0 Å². The Morgan fingerprint density at radius 2 is 2.19 bits per heavy atom. The average molecular weight is 216 g/mol. The van der Waals surface area contributed by atoms with E-state index in [2.05, 4.69) is 24.4 Å². The van der Waals surface area contributed by atoms with Gasteiger partial charge in [-0.25, -0.2) is 4.98 Å². The van der Waals surface area contributed by atoms with E-state index in [1.165, 1.54) is 49.8 Å². The highest BCUT2D eigenvalue weighted by Gasteiger charge is 2.40. The van der Waals surface area contributed by atoms with Gasteiger partial charge in [0, 0.05) is 12.2 Å². The zero-order valence-corrected chi connectivity index (χ0v) is 10.1. The summed E-state index contributed by atoms with van der Waals surface area (Å²) in [5.41, 5.74) is 3.38. The number of anilines is 1. The van der Waals surface area contributed by atoms with Crippen LogP contribution >= 0.6 is 0 Å². The molecule has 86 valence electrons. The van der Waals surface area contributed by atoms with Crippen LogP contribution in [0.25, 0.3) is 0 Å². The Hall–Kier alpha value is -1.05. The van der Waals surface area contributed by atoms with E-state index in [-0.39, 0.29) is 0 Å². The van der Waals surface area contributed by atoms with E-state index >= 15 is 0 Å². The molecule has 2 aliphatic carbocycles. The fourth-order valence-electron chi connectivity index (χ4n) is 2.63. The lowest BCUT2D eigenvalue weighted by atomic mass is 10.0. The Morgan fingerprint density at radius 1 is 1.31 bits per heavy atom. The second-order valence-corrected chi connectivity index (χ2v) is 5.36. The van der Waals surface area contributed by atoms with Crippen LogP contribution in [0.3, 0.4) is 0 Å². The van der Waals surface area contributed by atoms with Crippen LogP contribution in [0.5, 0.6) is 0 Å². The molecular weight excluding hydrogens is 196 g/mol. The zero-order valence-electron chi connectivity index (χ0n) is 10.1. The molecule has 1 aromatic rings. The van der Waals surface area contributed by atoms with Gasteiger partial charge in [0.1, 0.15) is 5.82 Å². The number of nitrogens with zero attached hydrogens (tertiary/aromatic N) is 1. The summed E-state index contributed by atoms with van der Waals surface area (Å²) in [4.78, 5) is 4.71. The molecule has 2 nitrogen and oxygen atoms in total. The number of fused-ring (bicyclic) bond motifs is 1. The Labute approximate surface area is 97.5 Å². The third-order valence-electron chi connectivity index (χ3n) is 4.28.